The van der Waals surface area contributed by atoms with Gasteiger partial charge in [0.2, 0.25) is 0 Å². The van der Waals surface area contributed by atoms with Crippen molar-refractivity contribution in [1.82, 2.24) is 0 Å². The summed E-state index contributed by atoms with van der Waals surface area (Å²) < 4.78 is 0. The Balaban J connectivity index is 1.76. The van der Waals surface area contributed by atoms with E-state index in [0.29, 0.717) is 5.41 Å². The van der Waals surface area contributed by atoms with Crippen LogP contribution in [0.2, 0.25) is 0 Å². The summed E-state index contributed by atoms with van der Waals surface area (Å²) in [6.07, 6.45) is 39.2. The highest BCUT2D eigenvalue weighted by molar-refractivity contribution is 4.81. The van der Waals surface area contributed by atoms with Crippen LogP contribution in [0.15, 0.2) is 0 Å². The lowest BCUT2D eigenvalue weighted by molar-refractivity contribution is 0.142. The summed E-state index contributed by atoms with van der Waals surface area (Å²) in [5.41, 5.74) is 0.528. The molecule has 0 N–H and O–H groups in total. The zero-order chi connectivity index (χ0) is 25.2. The summed E-state index contributed by atoms with van der Waals surface area (Å²) in [6.45, 7) is 9.74. The Bertz CT molecular complexity index is 463. The van der Waals surface area contributed by atoms with E-state index in [1.165, 1.54) is 128 Å². The fourth-order valence-corrected chi connectivity index (χ4v) is 7.44. The van der Waals surface area contributed by atoms with E-state index >= 15 is 0 Å². The highest BCUT2D eigenvalue weighted by Crippen LogP contribution is 2.42. The summed E-state index contributed by atoms with van der Waals surface area (Å²) >= 11 is 0. The lowest BCUT2D eigenvalue weighted by Crippen LogP contribution is -2.26. The summed E-state index contributed by atoms with van der Waals surface area (Å²) in [7, 11) is 0. The van der Waals surface area contributed by atoms with Crippen molar-refractivity contribution in [2.45, 2.75) is 195 Å². The van der Waals surface area contributed by atoms with Crippen molar-refractivity contribution in [1.29, 1.82) is 0 Å². The van der Waals surface area contributed by atoms with Crippen LogP contribution in [-0.4, -0.2) is 0 Å². The first-order chi connectivity index (χ1) is 17.0. The first-order valence-corrected chi connectivity index (χ1v) is 17.0. The molecule has 0 aliphatic heterocycles. The molecule has 208 valence electrons. The maximum atomic E-state index is 2.47. The van der Waals surface area contributed by atoms with Crippen molar-refractivity contribution >= 4 is 0 Å². The molecule has 0 bridgehead atoms. The minimum Gasteiger partial charge on any atom is -0.0654 e. The molecule has 2 rings (SSSR count). The Labute approximate surface area is 223 Å². The second kappa shape index (κ2) is 19.1. The summed E-state index contributed by atoms with van der Waals surface area (Å²) in [6, 6.07) is 0. The third-order valence-electron chi connectivity index (χ3n) is 10.2. The van der Waals surface area contributed by atoms with E-state index in [-0.39, 0.29) is 0 Å². The second-order valence-electron chi connectivity index (χ2n) is 14.3. The van der Waals surface area contributed by atoms with Crippen LogP contribution in [0, 0.1) is 29.1 Å². The summed E-state index contributed by atoms with van der Waals surface area (Å²) in [5.74, 6) is 4.10. The highest BCUT2D eigenvalue weighted by Gasteiger charge is 2.29. The molecule has 0 saturated heterocycles. The average Bonchev–Trinajstić information content (AvgIpc) is 2.84. The van der Waals surface area contributed by atoms with Crippen molar-refractivity contribution in [3.63, 3.8) is 0 Å². The number of rotatable bonds is 11. The van der Waals surface area contributed by atoms with Gasteiger partial charge in [-0.15, -0.1) is 0 Å². The van der Waals surface area contributed by atoms with Gasteiger partial charge in [-0.1, -0.05) is 182 Å². The normalized spacial score (nSPS) is 28.5. The van der Waals surface area contributed by atoms with Crippen LogP contribution in [0.5, 0.6) is 0 Å². The van der Waals surface area contributed by atoms with Crippen molar-refractivity contribution in [2.75, 3.05) is 0 Å². The van der Waals surface area contributed by atoms with Crippen LogP contribution in [0.3, 0.4) is 0 Å². The van der Waals surface area contributed by atoms with Crippen LogP contribution in [0.1, 0.15) is 195 Å². The molecule has 2 atom stereocenters. The van der Waals surface area contributed by atoms with Gasteiger partial charge >= 0.3 is 0 Å². The maximum absolute atomic E-state index is 2.47. The van der Waals surface area contributed by atoms with Gasteiger partial charge in [0.15, 0.2) is 0 Å². The molecular weight excluding hydrogens is 420 g/mol. The zero-order valence-electron chi connectivity index (χ0n) is 25.2. The molecule has 0 aromatic carbocycles. The van der Waals surface area contributed by atoms with E-state index in [9.17, 15) is 0 Å². The van der Waals surface area contributed by atoms with E-state index in [1.54, 1.807) is 38.5 Å². The first-order valence-electron chi connectivity index (χ1n) is 17.0. The van der Waals surface area contributed by atoms with Crippen molar-refractivity contribution in [3.05, 3.63) is 0 Å². The Kier molecular flexibility index (Phi) is 17.1. The molecule has 0 nitrogen and oxygen atoms in total. The molecule has 0 aromatic rings. The van der Waals surface area contributed by atoms with Gasteiger partial charge in [0.05, 0.1) is 0 Å². The fourth-order valence-electron chi connectivity index (χ4n) is 7.44. The monoisotopic (exact) mass is 489 g/mol. The lowest BCUT2D eigenvalue weighted by atomic mass is 9.69. The molecule has 2 aliphatic rings. The second-order valence-corrected chi connectivity index (χ2v) is 14.3. The average molecular weight is 489 g/mol. The Morgan fingerprint density at radius 2 is 0.829 bits per heavy atom. The molecular formula is C35H68. The predicted molar refractivity (Wildman–Crippen MR) is 159 cm³/mol. The molecule has 2 aliphatic carbocycles. The third-order valence-corrected chi connectivity index (χ3v) is 10.2. The van der Waals surface area contributed by atoms with Gasteiger partial charge in [0, 0.05) is 0 Å². The summed E-state index contributed by atoms with van der Waals surface area (Å²) in [5, 5.41) is 0. The first kappa shape index (κ1) is 31.2. The predicted octanol–water partition coefficient (Wildman–Crippen LogP) is 12.7. The molecule has 2 unspecified atom stereocenters. The van der Waals surface area contributed by atoms with Crippen LogP contribution in [-0.2, 0) is 0 Å². The van der Waals surface area contributed by atoms with Gasteiger partial charge in [-0.25, -0.2) is 0 Å². The van der Waals surface area contributed by atoms with E-state index in [2.05, 4.69) is 27.7 Å². The van der Waals surface area contributed by atoms with E-state index in [0.717, 1.165) is 23.7 Å². The van der Waals surface area contributed by atoms with Gasteiger partial charge in [-0.05, 0) is 41.9 Å². The van der Waals surface area contributed by atoms with Gasteiger partial charge in [0.25, 0.3) is 0 Å². The molecule has 0 aromatic heterocycles. The molecule has 0 heterocycles. The minimum absolute atomic E-state index is 0.528. The van der Waals surface area contributed by atoms with Crippen LogP contribution in [0.25, 0.3) is 0 Å². The van der Waals surface area contributed by atoms with Gasteiger partial charge in [-0.2, -0.15) is 0 Å². The fraction of sp³-hybridized carbons (Fsp3) is 1.00. The van der Waals surface area contributed by atoms with Crippen molar-refractivity contribution < 1.29 is 0 Å². The Morgan fingerprint density at radius 1 is 0.429 bits per heavy atom. The highest BCUT2D eigenvalue weighted by atomic mass is 14.3. The molecule has 35 heavy (non-hydrogen) atoms. The maximum Gasteiger partial charge on any atom is -0.0354 e. The topological polar surface area (TPSA) is 0 Å². The quantitative estimate of drug-likeness (QED) is 0.254. The van der Waals surface area contributed by atoms with E-state index in [4.69, 9.17) is 0 Å². The molecule has 2 saturated carbocycles. The number of hydrogen-bond donors (Lipinski definition) is 0. The smallest absolute Gasteiger partial charge is 0.0354 e. The van der Waals surface area contributed by atoms with Crippen LogP contribution >= 0.6 is 0 Å². The lowest BCUT2D eigenvalue weighted by Gasteiger charge is -2.37. The molecule has 0 heteroatoms. The zero-order valence-corrected chi connectivity index (χ0v) is 25.2. The van der Waals surface area contributed by atoms with Crippen molar-refractivity contribution in [2.24, 2.45) is 29.1 Å². The molecule has 2 fully saturated rings. The minimum atomic E-state index is 0.528. The van der Waals surface area contributed by atoms with Crippen LogP contribution in [0.4, 0.5) is 0 Å². The number of unbranched alkanes of at least 4 members (excludes halogenated alkanes) is 6. The standard InChI is InChI=1S/C35H68/c1-5-6-7-8-11-14-17-20-31-21-18-15-12-9-10-13-16-19-22-32(24-23-31)25-26-33-27-29-34(30-28-33)35(2,3)4/h31-34H,5-30H2,1-4H3. The van der Waals surface area contributed by atoms with E-state index < -0.39 is 0 Å². The van der Waals surface area contributed by atoms with E-state index in [1.807, 2.05) is 0 Å². The Morgan fingerprint density at radius 3 is 1.34 bits per heavy atom. The molecule has 0 amide bonds. The van der Waals surface area contributed by atoms with Crippen LogP contribution < -0.4 is 0 Å². The largest absolute Gasteiger partial charge is 0.0654 e. The SMILES string of the molecule is CCCCCCCCCC1CCCCCCCCCCC(CCC2CCC(C(C)(C)C)CC2)CC1. The molecule has 0 spiro atoms. The van der Waals surface area contributed by atoms with Gasteiger partial charge < -0.3 is 0 Å². The third kappa shape index (κ3) is 15.1. The number of hydrogen-bond acceptors (Lipinski definition) is 0. The Hall–Kier alpha value is 0. The van der Waals surface area contributed by atoms with Gasteiger partial charge in [0.1, 0.15) is 0 Å². The molecule has 0 radical (unpaired) electrons. The van der Waals surface area contributed by atoms with Crippen molar-refractivity contribution in [3.8, 4) is 0 Å². The summed E-state index contributed by atoms with van der Waals surface area (Å²) in [4.78, 5) is 0. The van der Waals surface area contributed by atoms with Gasteiger partial charge in [-0.3, -0.25) is 0 Å².